The third-order valence-corrected chi connectivity index (χ3v) is 3.71. The van der Waals surface area contributed by atoms with E-state index in [0.717, 1.165) is 5.56 Å². The van der Waals surface area contributed by atoms with Crippen molar-refractivity contribution in [3.05, 3.63) is 48.6 Å². The smallest absolute Gasteiger partial charge is 0.240 e. The van der Waals surface area contributed by atoms with Crippen molar-refractivity contribution in [3.8, 4) is 0 Å². The standard InChI is InChI=1S/C13H17NO3S/c1-3-10-18(16,17)14-13(15)12(4-2)11-8-6-5-7-9-11/h3,5-9,12H,1,4,10H2,2H3,(H,14,15). The average molecular weight is 267 g/mol. The van der Waals surface area contributed by atoms with Gasteiger partial charge in [-0.2, -0.15) is 0 Å². The summed E-state index contributed by atoms with van der Waals surface area (Å²) in [4.78, 5) is 11.9. The second-order valence-electron chi connectivity index (χ2n) is 3.91. The van der Waals surface area contributed by atoms with E-state index in [1.165, 1.54) is 6.08 Å². The Morgan fingerprint density at radius 1 is 1.39 bits per heavy atom. The molecule has 0 aromatic heterocycles. The summed E-state index contributed by atoms with van der Waals surface area (Å²) in [5, 5.41) is 0. The molecule has 0 aliphatic rings. The molecule has 1 amide bonds. The molecule has 0 spiro atoms. The Hall–Kier alpha value is -1.62. The van der Waals surface area contributed by atoms with E-state index < -0.39 is 21.8 Å². The molecule has 1 rings (SSSR count). The quantitative estimate of drug-likeness (QED) is 0.800. The molecule has 0 aliphatic carbocycles. The van der Waals surface area contributed by atoms with Crippen LogP contribution in [0.25, 0.3) is 0 Å². The summed E-state index contributed by atoms with van der Waals surface area (Å²) < 4.78 is 25.0. The van der Waals surface area contributed by atoms with Gasteiger partial charge in [-0.1, -0.05) is 43.3 Å². The average Bonchev–Trinajstić information content (AvgIpc) is 2.30. The Bertz CT molecular complexity index is 508. The monoisotopic (exact) mass is 267 g/mol. The maximum Gasteiger partial charge on any atom is 0.240 e. The number of rotatable bonds is 6. The first kappa shape index (κ1) is 14.4. The van der Waals surface area contributed by atoms with Crippen molar-refractivity contribution in [1.29, 1.82) is 0 Å². The number of nitrogens with one attached hydrogen (secondary N) is 1. The Labute approximate surface area is 108 Å². The van der Waals surface area contributed by atoms with Crippen molar-refractivity contribution in [2.45, 2.75) is 19.3 Å². The second kappa shape index (κ2) is 6.35. The van der Waals surface area contributed by atoms with Crippen molar-refractivity contribution in [3.63, 3.8) is 0 Å². The lowest BCUT2D eigenvalue weighted by atomic mass is 9.96. The van der Waals surface area contributed by atoms with Crippen LogP contribution in [-0.4, -0.2) is 20.1 Å². The van der Waals surface area contributed by atoms with Crippen LogP contribution in [0.5, 0.6) is 0 Å². The first-order valence-electron chi connectivity index (χ1n) is 5.70. The molecule has 98 valence electrons. The van der Waals surface area contributed by atoms with Gasteiger partial charge in [0.05, 0.1) is 11.7 Å². The normalized spacial score (nSPS) is 12.7. The van der Waals surface area contributed by atoms with Gasteiger partial charge >= 0.3 is 0 Å². The predicted molar refractivity (Wildman–Crippen MR) is 71.6 cm³/mol. The zero-order valence-corrected chi connectivity index (χ0v) is 11.1. The zero-order valence-electron chi connectivity index (χ0n) is 10.3. The molecule has 1 atom stereocenters. The van der Waals surface area contributed by atoms with E-state index >= 15 is 0 Å². The minimum atomic E-state index is -3.61. The Morgan fingerprint density at radius 2 is 2.00 bits per heavy atom. The molecule has 0 radical (unpaired) electrons. The van der Waals surface area contributed by atoms with Crippen LogP contribution < -0.4 is 4.72 Å². The fraction of sp³-hybridized carbons (Fsp3) is 0.308. The Morgan fingerprint density at radius 3 is 2.50 bits per heavy atom. The highest BCUT2D eigenvalue weighted by atomic mass is 32.2. The van der Waals surface area contributed by atoms with Gasteiger partial charge in [-0.25, -0.2) is 8.42 Å². The fourth-order valence-electron chi connectivity index (χ4n) is 1.68. The first-order valence-corrected chi connectivity index (χ1v) is 7.35. The van der Waals surface area contributed by atoms with Gasteiger partial charge in [0.15, 0.2) is 0 Å². The number of carbonyl (C=O) groups excluding carboxylic acids is 1. The maximum atomic E-state index is 11.9. The SMILES string of the molecule is C=CCS(=O)(=O)NC(=O)C(CC)c1ccccc1. The Kier molecular flexibility index (Phi) is 5.09. The summed E-state index contributed by atoms with van der Waals surface area (Å²) in [5.74, 6) is -1.21. The fourth-order valence-corrected chi connectivity index (χ4v) is 2.52. The van der Waals surface area contributed by atoms with Crippen molar-refractivity contribution < 1.29 is 13.2 Å². The minimum absolute atomic E-state index is 0.260. The van der Waals surface area contributed by atoms with Gasteiger partial charge in [-0.15, -0.1) is 6.58 Å². The molecule has 5 heteroatoms. The van der Waals surface area contributed by atoms with E-state index in [0.29, 0.717) is 6.42 Å². The van der Waals surface area contributed by atoms with Crippen LogP contribution in [0.2, 0.25) is 0 Å². The Balaban J connectivity index is 2.85. The highest BCUT2D eigenvalue weighted by molar-refractivity contribution is 7.90. The summed E-state index contributed by atoms with van der Waals surface area (Å²) in [6.45, 7) is 5.19. The lowest BCUT2D eigenvalue weighted by Gasteiger charge is -2.14. The minimum Gasteiger partial charge on any atom is -0.273 e. The van der Waals surface area contributed by atoms with E-state index in [9.17, 15) is 13.2 Å². The van der Waals surface area contributed by atoms with Crippen molar-refractivity contribution in [2.75, 3.05) is 5.75 Å². The van der Waals surface area contributed by atoms with Crippen LogP contribution in [0.3, 0.4) is 0 Å². The summed E-state index contributed by atoms with van der Waals surface area (Å²) in [7, 11) is -3.61. The van der Waals surface area contributed by atoms with Gasteiger partial charge in [0.25, 0.3) is 0 Å². The van der Waals surface area contributed by atoms with Gasteiger partial charge in [0.1, 0.15) is 0 Å². The topological polar surface area (TPSA) is 63.2 Å². The first-order chi connectivity index (χ1) is 8.50. The predicted octanol–water partition coefficient (Wildman–Crippen LogP) is 1.81. The van der Waals surface area contributed by atoms with E-state index in [1.54, 1.807) is 0 Å². The summed E-state index contributed by atoms with van der Waals surface area (Å²) >= 11 is 0. The van der Waals surface area contributed by atoms with Crippen molar-refractivity contribution in [1.82, 2.24) is 4.72 Å². The number of amides is 1. The number of carbonyl (C=O) groups is 1. The number of sulfonamides is 1. The van der Waals surface area contributed by atoms with E-state index in [4.69, 9.17) is 0 Å². The largest absolute Gasteiger partial charge is 0.273 e. The summed E-state index contributed by atoms with van der Waals surface area (Å²) in [6, 6.07) is 9.12. The highest BCUT2D eigenvalue weighted by Crippen LogP contribution is 2.19. The molecule has 0 saturated heterocycles. The highest BCUT2D eigenvalue weighted by Gasteiger charge is 2.22. The lowest BCUT2D eigenvalue weighted by Crippen LogP contribution is -2.35. The van der Waals surface area contributed by atoms with Gasteiger partial charge in [-0.3, -0.25) is 9.52 Å². The molecule has 4 nitrogen and oxygen atoms in total. The third kappa shape index (κ3) is 4.00. The maximum absolute atomic E-state index is 11.9. The molecule has 1 N–H and O–H groups in total. The number of hydrogen-bond acceptors (Lipinski definition) is 3. The van der Waals surface area contributed by atoms with Crippen molar-refractivity contribution >= 4 is 15.9 Å². The third-order valence-electron chi connectivity index (χ3n) is 2.52. The zero-order chi connectivity index (χ0) is 13.6. The molecule has 1 aromatic carbocycles. The lowest BCUT2D eigenvalue weighted by molar-refractivity contribution is -0.120. The van der Waals surface area contributed by atoms with Crippen LogP contribution in [0.1, 0.15) is 24.8 Å². The second-order valence-corrected chi connectivity index (χ2v) is 5.67. The molecular formula is C13H17NO3S. The van der Waals surface area contributed by atoms with Crippen LogP contribution in [0, 0.1) is 0 Å². The van der Waals surface area contributed by atoms with Crippen LogP contribution in [-0.2, 0) is 14.8 Å². The van der Waals surface area contributed by atoms with Gasteiger partial charge in [-0.05, 0) is 12.0 Å². The molecule has 1 unspecified atom stereocenters. The molecule has 0 saturated carbocycles. The van der Waals surface area contributed by atoms with Gasteiger partial charge < -0.3 is 0 Å². The summed E-state index contributed by atoms with van der Waals surface area (Å²) in [5.41, 5.74) is 0.811. The molecule has 0 fully saturated rings. The van der Waals surface area contributed by atoms with E-state index in [-0.39, 0.29) is 5.75 Å². The van der Waals surface area contributed by atoms with Crippen molar-refractivity contribution in [2.24, 2.45) is 0 Å². The molecule has 1 aromatic rings. The molecule has 0 bridgehead atoms. The summed E-state index contributed by atoms with van der Waals surface area (Å²) in [6.07, 6.45) is 1.79. The van der Waals surface area contributed by atoms with Gasteiger partial charge in [0, 0.05) is 0 Å². The van der Waals surface area contributed by atoms with Gasteiger partial charge in [0.2, 0.25) is 15.9 Å². The molecule has 0 aliphatic heterocycles. The molecule has 18 heavy (non-hydrogen) atoms. The molecular weight excluding hydrogens is 250 g/mol. The van der Waals surface area contributed by atoms with Crippen LogP contribution in [0.15, 0.2) is 43.0 Å². The van der Waals surface area contributed by atoms with E-state index in [2.05, 4.69) is 11.3 Å². The van der Waals surface area contributed by atoms with Crippen LogP contribution in [0.4, 0.5) is 0 Å². The number of benzene rings is 1. The number of hydrogen-bond donors (Lipinski definition) is 1. The van der Waals surface area contributed by atoms with Crippen LogP contribution >= 0.6 is 0 Å². The molecule has 0 heterocycles. The van der Waals surface area contributed by atoms with E-state index in [1.807, 2.05) is 37.3 Å².